The molecule has 1 N–H and O–H groups in total. The highest BCUT2D eigenvalue weighted by Crippen LogP contribution is 2.19. The third-order valence-electron chi connectivity index (χ3n) is 2.43. The van der Waals surface area contributed by atoms with Crippen LogP contribution in [0.25, 0.3) is 0 Å². The van der Waals surface area contributed by atoms with Crippen molar-refractivity contribution in [3.05, 3.63) is 29.6 Å². The van der Waals surface area contributed by atoms with Crippen LogP contribution >= 0.6 is 0 Å². The Kier molecular flexibility index (Phi) is 5.80. The standard InChI is InChI=1S/C15H22FNO3/c1-5-11-10-12(16)6-7-13(11)19-9-8-17-14(18)20-15(2,3)4/h6-7,10H,5,8-9H2,1-4H3,(H,17,18). The average Bonchev–Trinajstić information content (AvgIpc) is 2.33. The lowest BCUT2D eigenvalue weighted by molar-refractivity contribution is 0.0520. The van der Waals surface area contributed by atoms with Gasteiger partial charge in [0.05, 0.1) is 6.54 Å². The van der Waals surface area contributed by atoms with Gasteiger partial charge in [-0.3, -0.25) is 0 Å². The molecule has 0 fully saturated rings. The number of rotatable bonds is 5. The molecular weight excluding hydrogens is 261 g/mol. The fourth-order valence-corrected chi connectivity index (χ4v) is 1.59. The lowest BCUT2D eigenvalue weighted by Crippen LogP contribution is -2.34. The second-order valence-electron chi connectivity index (χ2n) is 5.38. The van der Waals surface area contributed by atoms with Crippen molar-refractivity contribution in [1.29, 1.82) is 0 Å². The van der Waals surface area contributed by atoms with Crippen molar-refractivity contribution < 1.29 is 18.7 Å². The summed E-state index contributed by atoms with van der Waals surface area (Å²) in [7, 11) is 0. The largest absolute Gasteiger partial charge is 0.491 e. The van der Waals surface area contributed by atoms with E-state index in [1.807, 2.05) is 6.92 Å². The molecule has 0 aliphatic carbocycles. The van der Waals surface area contributed by atoms with Crippen molar-refractivity contribution in [3.8, 4) is 5.75 Å². The van der Waals surface area contributed by atoms with Gasteiger partial charge in [-0.25, -0.2) is 9.18 Å². The van der Waals surface area contributed by atoms with E-state index >= 15 is 0 Å². The van der Waals surface area contributed by atoms with E-state index in [2.05, 4.69) is 5.32 Å². The van der Waals surface area contributed by atoms with Crippen LogP contribution in [-0.4, -0.2) is 24.8 Å². The summed E-state index contributed by atoms with van der Waals surface area (Å²) in [5.74, 6) is 0.362. The first-order chi connectivity index (χ1) is 9.31. The van der Waals surface area contributed by atoms with E-state index in [-0.39, 0.29) is 5.82 Å². The van der Waals surface area contributed by atoms with E-state index in [1.54, 1.807) is 26.8 Å². The molecule has 1 amide bonds. The number of hydrogen-bond acceptors (Lipinski definition) is 3. The first-order valence-corrected chi connectivity index (χ1v) is 6.70. The van der Waals surface area contributed by atoms with Crippen LogP contribution < -0.4 is 10.1 Å². The predicted octanol–water partition coefficient (Wildman–Crippen LogP) is 3.29. The molecule has 5 heteroatoms. The van der Waals surface area contributed by atoms with Gasteiger partial charge in [0.2, 0.25) is 0 Å². The quantitative estimate of drug-likeness (QED) is 0.843. The van der Waals surface area contributed by atoms with Gasteiger partial charge in [-0.15, -0.1) is 0 Å². The molecular formula is C15H22FNO3. The molecule has 0 atom stereocenters. The fourth-order valence-electron chi connectivity index (χ4n) is 1.59. The van der Waals surface area contributed by atoms with E-state index < -0.39 is 11.7 Å². The molecule has 0 aliphatic rings. The summed E-state index contributed by atoms with van der Waals surface area (Å²) in [6.07, 6.45) is 0.211. The summed E-state index contributed by atoms with van der Waals surface area (Å²) in [6, 6.07) is 4.41. The topological polar surface area (TPSA) is 47.6 Å². The highest BCUT2D eigenvalue weighted by Gasteiger charge is 2.15. The number of alkyl carbamates (subject to hydrolysis) is 1. The molecule has 0 unspecified atom stereocenters. The van der Waals surface area contributed by atoms with Gasteiger partial charge < -0.3 is 14.8 Å². The second-order valence-corrected chi connectivity index (χ2v) is 5.38. The number of benzene rings is 1. The average molecular weight is 283 g/mol. The normalized spacial score (nSPS) is 11.1. The van der Waals surface area contributed by atoms with Gasteiger partial charge in [0.25, 0.3) is 0 Å². The smallest absolute Gasteiger partial charge is 0.407 e. The van der Waals surface area contributed by atoms with E-state index in [0.29, 0.717) is 25.3 Å². The molecule has 4 nitrogen and oxygen atoms in total. The highest BCUT2D eigenvalue weighted by atomic mass is 19.1. The van der Waals surface area contributed by atoms with Crippen LogP contribution in [0.5, 0.6) is 5.75 Å². The van der Waals surface area contributed by atoms with Crippen molar-refractivity contribution in [2.75, 3.05) is 13.2 Å². The second kappa shape index (κ2) is 7.12. The van der Waals surface area contributed by atoms with Crippen molar-refractivity contribution in [2.45, 2.75) is 39.7 Å². The SMILES string of the molecule is CCc1cc(F)ccc1OCCNC(=O)OC(C)(C)C. The highest BCUT2D eigenvalue weighted by molar-refractivity contribution is 5.67. The number of halogens is 1. The Morgan fingerprint density at radius 3 is 2.65 bits per heavy atom. The Morgan fingerprint density at radius 1 is 1.35 bits per heavy atom. The van der Waals surface area contributed by atoms with Gasteiger partial charge in [0, 0.05) is 0 Å². The molecule has 0 radical (unpaired) electrons. The number of aryl methyl sites for hydroxylation is 1. The summed E-state index contributed by atoms with van der Waals surface area (Å²) in [4.78, 5) is 11.4. The minimum atomic E-state index is -0.517. The van der Waals surface area contributed by atoms with Crippen molar-refractivity contribution >= 4 is 6.09 Å². The molecule has 0 bridgehead atoms. The molecule has 20 heavy (non-hydrogen) atoms. The minimum absolute atomic E-state index is 0.277. The zero-order valence-corrected chi connectivity index (χ0v) is 12.5. The predicted molar refractivity (Wildman–Crippen MR) is 75.5 cm³/mol. The minimum Gasteiger partial charge on any atom is -0.491 e. The summed E-state index contributed by atoms with van der Waals surface area (Å²) >= 11 is 0. The van der Waals surface area contributed by atoms with Crippen LogP contribution in [0.2, 0.25) is 0 Å². The lowest BCUT2D eigenvalue weighted by atomic mass is 10.1. The van der Waals surface area contributed by atoms with Crippen LogP contribution in [0.15, 0.2) is 18.2 Å². The van der Waals surface area contributed by atoms with Crippen LogP contribution in [-0.2, 0) is 11.2 Å². The maximum atomic E-state index is 13.1. The molecule has 0 saturated carbocycles. The van der Waals surface area contributed by atoms with Crippen LogP contribution in [0.3, 0.4) is 0 Å². The summed E-state index contributed by atoms with van der Waals surface area (Å²) in [6.45, 7) is 7.97. The number of carbonyl (C=O) groups excluding carboxylic acids is 1. The third kappa shape index (κ3) is 5.91. The van der Waals surface area contributed by atoms with Gasteiger partial charge in [0.1, 0.15) is 23.8 Å². The molecule has 1 rings (SSSR count). The van der Waals surface area contributed by atoms with E-state index in [4.69, 9.17) is 9.47 Å². The van der Waals surface area contributed by atoms with Gasteiger partial charge in [-0.05, 0) is 51.0 Å². The first kappa shape index (κ1) is 16.3. The Labute approximate surface area is 119 Å². The number of amides is 1. The van der Waals surface area contributed by atoms with Crippen LogP contribution in [0.1, 0.15) is 33.3 Å². The summed E-state index contributed by atoms with van der Waals surface area (Å²) in [5, 5.41) is 2.60. The van der Waals surface area contributed by atoms with Crippen molar-refractivity contribution in [1.82, 2.24) is 5.32 Å². The summed E-state index contributed by atoms with van der Waals surface area (Å²) in [5.41, 5.74) is 0.291. The monoisotopic (exact) mass is 283 g/mol. The number of ether oxygens (including phenoxy) is 2. The zero-order chi connectivity index (χ0) is 15.2. The molecule has 1 aromatic carbocycles. The Morgan fingerprint density at radius 2 is 2.05 bits per heavy atom. The molecule has 112 valence electrons. The number of nitrogens with one attached hydrogen (secondary N) is 1. The molecule has 0 aliphatic heterocycles. The maximum Gasteiger partial charge on any atom is 0.407 e. The van der Waals surface area contributed by atoms with E-state index in [9.17, 15) is 9.18 Å². The van der Waals surface area contributed by atoms with Gasteiger partial charge in [-0.1, -0.05) is 6.92 Å². The van der Waals surface area contributed by atoms with Crippen LogP contribution in [0.4, 0.5) is 9.18 Å². The van der Waals surface area contributed by atoms with Gasteiger partial charge in [-0.2, -0.15) is 0 Å². The van der Waals surface area contributed by atoms with E-state index in [1.165, 1.54) is 12.1 Å². The fraction of sp³-hybridized carbons (Fsp3) is 0.533. The van der Waals surface area contributed by atoms with Crippen molar-refractivity contribution in [3.63, 3.8) is 0 Å². The number of hydrogen-bond donors (Lipinski definition) is 1. The zero-order valence-electron chi connectivity index (χ0n) is 12.5. The van der Waals surface area contributed by atoms with Crippen molar-refractivity contribution in [2.24, 2.45) is 0 Å². The molecule has 0 aromatic heterocycles. The van der Waals surface area contributed by atoms with Crippen LogP contribution in [0, 0.1) is 5.82 Å². The number of carbonyl (C=O) groups is 1. The lowest BCUT2D eigenvalue weighted by Gasteiger charge is -2.19. The Hall–Kier alpha value is -1.78. The molecule has 1 aromatic rings. The van der Waals surface area contributed by atoms with Gasteiger partial charge in [0.15, 0.2) is 0 Å². The Balaban J connectivity index is 2.36. The third-order valence-corrected chi connectivity index (χ3v) is 2.43. The Bertz CT molecular complexity index is 455. The molecule has 0 saturated heterocycles. The summed E-state index contributed by atoms with van der Waals surface area (Å²) < 4.78 is 23.7. The molecule has 0 spiro atoms. The van der Waals surface area contributed by atoms with E-state index in [0.717, 1.165) is 5.56 Å². The maximum absolute atomic E-state index is 13.1. The van der Waals surface area contributed by atoms with Gasteiger partial charge >= 0.3 is 6.09 Å². The molecule has 0 heterocycles. The first-order valence-electron chi connectivity index (χ1n) is 6.70.